The second-order valence-corrected chi connectivity index (χ2v) is 2.19. The Kier molecular flexibility index (Phi) is 3.00. The molecule has 0 spiro atoms. The third-order valence-corrected chi connectivity index (χ3v) is 1.10. The second-order valence-electron chi connectivity index (χ2n) is 1.82. The van der Waals surface area contributed by atoms with Crippen LogP contribution in [0.15, 0.2) is 0 Å². The molecule has 0 bridgehead atoms. The van der Waals surface area contributed by atoms with E-state index in [0.29, 0.717) is 0 Å². The minimum atomic E-state index is -5.68. The average molecular weight is 214 g/mol. The molecule has 0 rings (SSSR count). The lowest BCUT2D eigenvalue weighted by Gasteiger charge is -2.18. The molecule has 0 amide bonds. The lowest BCUT2D eigenvalue weighted by molar-refractivity contribution is -0.270. The molecule has 0 aromatic rings. The first-order valence-electron chi connectivity index (χ1n) is 2.39. The van der Waals surface area contributed by atoms with Crippen molar-refractivity contribution >= 4 is 16.8 Å². The highest BCUT2D eigenvalue weighted by Gasteiger charge is 2.60. The maximum atomic E-state index is 11.4. The Balaban J connectivity index is 4.82. The van der Waals surface area contributed by atoms with E-state index < -0.39 is 23.5 Å². The average Bonchev–Trinajstić information content (AvgIpc) is 1.49. The molecule has 72 valence electrons. The fourth-order valence-electron chi connectivity index (χ4n) is 0.443. The summed E-state index contributed by atoms with van der Waals surface area (Å²) in [6.07, 6.45) is -11.4. The number of alkyl halides is 6. The Labute approximate surface area is 67.3 Å². The van der Waals surface area contributed by atoms with Crippen molar-refractivity contribution in [2.45, 2.75) is 12.4 Å². The van der Waals surface area contributed by atoms with Gasteiger partial charge in [0.2, 0.25) is 11.2 Å². The number of rotatable bonds is 1. The summed E-state index contributed by atoms with van der Waals surface area (Å²) in [5.41, 5.74) is 0. The lowest BCUT2D eigenvalue weighted by atomic mass is 10.1. The highest BCUT2D eigenvalue weighted by molar-refractivity contribution is 6.64. The molecule has 0 atom stereocenters. The van der Waals surface area contributed by atoms with Gasteiger partial charge in [-0.3, -0.25) is 4.79 Å². The number of halogens is 7. The van der Waals surface area contributed by atoms with Crippen LogP contribution in [0.5, 0.6) is 0 Å². The zero-order valence-electron chi connectivity index (χ0n) is 5.13. The van der Waals surface area contributed by atoms with Crippen LogP contribution in [0.3, 0.4) is 0 Å². The molecule has 0 unspecified atom stereocenters. The third kappa shape index (κ3) is 2.88. The predicted octanol–water partition coefficient (Wildman–Crippen LogP) is 2.49. The molecule has 0 saturated heterocycles. The van der Waals surface area contributed by atoms with E-state index in [1.54, 1.807) is 0 Å². The molecule has 0 aromatic heterocycles. The van der Waals surface area contributed by atoms with E-state index in [2.05, 4.69) is 11.6 Å². The smallest absolute Gasteiger partial charge is 0.280 e. The summed E-state index contributed by atoms with van der Waals surface area (Å²) < 4.78 is 68.6. The van der Waals surface area contributed by atoms with Crippen LogP contribution >= 0.6 is 11.6 Å². The van der Waals surface area contributed by atoms with Gasteiger partial charge in [-0.15, -0.1) is 0 Å². The van der Waals surface area contributed by atoms with Crippen molar-refractivity contribution in [2.24, 2.45) is 5.92 Å². The molecule has 0 N–H and O–H groups in total. The number of carbonyl (C=O) groups excluding carboxylic acids is 1. The zero-order valence-corrected chi connectivity index (χ0v) is 5.89. The van der Waals surface area contributed by atoms with Crippen LogP contribution in [-0.4, -0.2) is 17.6 Å². The van der Waals surface area contributed by atoms with Gasteiger partial charge in [0.15, 0.2) is 0 Å². The maximum Gasteiger partial charge on any atom is 0.408 e. The van der Waals surface area contributed by atoms with Crippen molar-refractivity contribution in [1.82, 2.24) is 0 Å². The van der Waals surface area contributed by atoms with Crippen molar-refractivity contribution in [3.8, 4) is 0 Å². The summed E-state index contributed by atoms with van der Waals surface area (Å²) in [6, 6.07) is 0. The standard InChI is InChI=1S/C4HClF6O/c5-2(12)1(3(6,7)8)4(9,10)11/h1H. The van der Waals surface area contributed by atoms with Gasteiger partial charge in [-0.05, 0) is 11.6 Å². The van der Waals surface area contributed by atoms with Crippen molar-refractivity contribution in [3.05, 3.63) is 0 Å². The van der Waals surface area contributed by atoms with Crippen molar-refractivity contribution < 1.29 is 31.1 Å². The van der Waals surface area contributed by atoms with Gasteiger partial charge in [-0.25, -0.2) is 0 Å². The van der Waals surface area contributed by atoms with E-state index in [0.717, 1.165) is 0 Å². The predicted molar refractivity (Wildman–Crippen MR) is 26.5 cm³/mol. The highest BCUT2D eigenvalue weighted by atomic mass is 35.5. The summed E-state index contributed by atoms with van der Waals surface area (Å²) >= 11 is 4.13. The monoisotopic (exact) mass is 214 g/mol. The molecule has 0 fully saturated rings. The van der Waals surface area contributed by atoms with Crippen LogP contribution in [0.2, 0.25) is 0 Å². The van der Waals surface area contributed by atoms with Crippen molar-refractivity contribution in [2.75, 3.05) is 0 Å². The Morgan fingerprint density at radius 2 is 1.25 bits per heavy atom. The number of carbonyl (C=O) groups is 1. The Morgan fingerprint density at radius 1 is 1.00 bits per heavy atom. The molecule has 0 aliphatic carbocycles. The van der Waals surface area contributed by atoms with Gasteiger partial charge in [-0.2, -0.15) is 26.3 Å². The van der Waals surface area contributed by atoms with Crippen LogP contribution in [-0.2, 0) is 4.79 Å². The van der Waals surface area contributed by atoms with E-state index in [4.69, 9.17) is 0 Å². The third-order valence-electron chi connectivity index (χ3n) is 0.882. The molecular weight excluding hydrogens is 213 g/mol. The quantitative estimate of drug-likeness (QED) is 0.484. The molecule has 8 heteroatoms. The minimum absolute atomic E-state index is 2.48. The fraction of sp³-hybridized carbons (Fsp3) is 0.750. The first-order chi connectivity index (χ1) is 5.07. The van der Waals surface area contributed by atoms with E-state index in [1.165, 1.54) is 0 Å². The fourth-order valence-corrected chi connectivity index (χ4v) is 0.690. The Bertz CT molecular complexity index is 167. The summed E-state index contributed by atoms with van der Waals surface area (Å²) in [4.78, 5) is 9.76. The SMILES string of the molecule is O=C(Cl)C(C(F)(F)F)C(F)(F)F. The van der Waals surface area contributed by atoms with Gasteiger partial charge in [0.1, 0.15) is 0 Å². The maximum absolute atomic E-state index is 11.4. The van der Waals surface area contributed by atoms with Crippen molar-refractivity contribution in [1.29, 1.82) is 0 Å². The van der Waals surface area contributed by atoms with Gasteiger partial charge in [0.05, 0.1) is 0 Å². The highest BCUT2D eigenvalue weighted by Crippen LogP contribution is 2.40. The summed E-state index contributed by atoms with van der Waals surface area (Å²) in [6.45, 7) is 0. The molecule has 0 aliphatic rings. The minimum Gasteiger partial charge on any atom is -0.280 e. The van der Waals surface area contributed by atoms with Crippen molar-refractivity contribution in [3.63, 3.8) is 0 Å². The topological polar surface area (TPSA) is 17.1 Å². The van der Waals surface area contributed by atoms with Crippen LogP contribution < -0.4 is 0 Å². The van der Waals surface area contributed by atoms with Crippen LogP contribution in [0, 0.1) is 5.92 Å². The lowest BCUT2D eigenvalue weighted by Crippen LogP contribution is -2.40. The molecule has 0 aliphatic heterocycles. The van der Waals surface area contributed by atoms with E-state index in [-0.39, 0.29) is 0 Å². The molecular formula is C4HClF6O. The van der Waals surface area contributed by atoms with Crippen LogP contribution in [0.1, 0.15) is 0 Å². The molecule has 0 saturated carbocycles. The van der Waals surface area contributed by atoms with Gasteiger partial charge in [-0.1, -0.05) is 0 Å². The molecule has 1 nitrogen and oxygen atoms in total. The largest absolute Gasteiger partial charge is 0.408 e. The first kappa shape index (κ1) is 11.5. The molecule has 12 heavy (non-hydrogen) atoms. The second kappa shape index (κ2) is 3.12. The van der Waals surface area contributed by atoms with Crippen LogP contribution in [0.25, 0.3) is 0 Å². The summed E-state index contributed by atoms with van der Waals surface area (Å²) in [5.74, 6) is -4.09. The Morgan fingerprint density at radius 3 is 1.25 bits per heavy atom. The van der Waals surface area contributed by atoms with Gasteiger partial charge >= 0.3 is 12.4 Å². The number of hydrogen-bond acceptors (Lipinski definition) is 1. The number of hydrogen-bond donors (Lipinski definition) is 0. The normalized spacial score (nSPS) is 13.7. The molecule has 0 heterocycles. The van der Waals surface area contributed by atoms with Crippen LogP contribution in [0.4, 0.5) is 26.3 Å². The summed E-state index contributed by atoms with van der Waals surface area (Å²) in [5, 5.41) is -2.48. The van der Waals surface area contributed by atoms with Gasteiger partial charge in [0.25, 0.3) is 0 Å². The van der Waals surface area contributed by atoms with Gasteiger partial charge < -0.3 is 0 Å². The zero-order chi connectivity index (χ0) is 10.2. The van der Waals surface area contributed by atoms with E-state index in [9.17, 15) is 31.1 Å². The van der Waals surface area contributed by atoms with Gasteiger partial charge in [0, 0.05) is 0 Å². The first-order valence-corrected chi connectivity index (χ1v) is 2.77. The Hall–Kier alpha value is -0.460. The molecule has 0 radical (unpaired) electrons. The summed E-state index contributed by atoms with van der Waals surface area (Å²) in [7, 11) is 0. The van der Waals surface area contributed by atoms with E-state index >= 15 is 0 Å². The molecule has 0 aromatic carbocycles. The van der Waals surface area contributed by atoms with E-state index in [1.807, 2.05) is 0 Å².